The third-order valence-corrected chi connectivity index (χ3v) is 4.87. The van der Waals surface area contributed by atoms with Crippen LogP contribution < -0.4 is 0 Å². The third-order valence-electron chi connectivity index (χ3n) is 4.87. The Morgan fingerprint density at radius 1 is 1.32 bits per heavy atom. The lowest BCUT2D eigenvalue weighted by Gasteiger charge is -2.38. The Balaban J connectivity index is 1.78. The second-order valence-electron chi connectivity index (χ2n) is 7.05. The van der Waals surface area contributed by atoms with Crippen molar-refractivity contribution in [2.24, 2.45) is 0 Å². The molecule has 0 saturated carbocycles. The summed E-state index contributed by atoms with van der Waals surface area (Å²) in [6, 6.07) is 10.1. The number of oxazole rings is 1. The molecule has 0 N–H and O–H groups in total. The molecule has 1 unspecified atom stereocenters. The van der Waals surface area contributed by atoms with Crippen LogP contribution in [0.5, 0.6) is 0 Å². The first-order valence-electron chi connectivity index (χ1n) is 8.86. The molecular formula is C20H26N2O3. The van der Waals surface area contributed by atoms with Crippen molar-refractivity contribution in [2.75, 3.05) is 13.7 Å². The summed E-state index contributed by atoms with van der Waals surface area (Å²) in [5.74, 6) is 1.44. The molecule has 5 heteroatoms. The smallest absolute Gasteiger partial charge is 0.254 e. The van der Waals surface area contributed by atoms with Crippen LogP contribution in [0.3, 0.4) is 0 Å². The number of carbonyl (C=O) groups excluding carboxylic acids is 1. The number of benzene rings is 1. The van der Waals surface area contributed by atoms with Gasteiger partial charge in [0.1, 0.15) is 17.4 Å². The van der Waals surface area contributed by atoms with Crippen molar-refractivity contribution in [3.63, 3.8) is 0 Å². The minimum absolute atomic E-state index is 0.0116. The van der Waals surface area contributed by atoms with Crippen LogP contribution in [-0.2, 0) is 16.0 Å². The highest BCUT2D eigenvalue weighted by Crippen LogP contribution is 2.33. The largest absolute Gasteiger partial charge is 0.443 e. The van der Waals surface area contributed by atoms with E-state index in [9.17, 15) is 4.79 Å². The van der Waals surface area contributed by atoms with Gasteiger partial charge in [-0.3, -0.25) is 4.79 Å². The number of ether oxygens (including phenoxy) is 1. The van der Waals surface area contributed by atoms with E-state index < -0.39 is 5.60 Å². The summed E-state index contributed by atoms with van der Waals surface area (Å²) < 4.78 is 11.4. The minimum Gasteiger partial charge on any atom is -0.443 e. The van der Waals surface area contributed by atoms with Crippen molar-refractivity contribution in [3.05, 3.63) is 53.7 Å². The molecule has 1 atom stereocenters. The van der Waals surface area contributed by atoms with E-state index in [2.05, 4.69) is 17.1 Å². The van der Waals surface area contributed by atoms with Crippen LogP contribution in [0.4, 0.5) is 0 Å². The zero-order chi connectivity index (χ0) is 17.9. The molecule has 1 amide bonds. The zero-order valence-electron chi connectivity index (χ0n) is 15.2. The Morgan fingerprint density at radius 2 is 2.08 bits per heavy atom. The molecule has 2 aromatic rings. The molecule has 2 heterocycles. The lowest BCUT2D eigenvalue weighted by Crippen LogP contribution is -2.49. The number of likely N-dealkylation sites (tertiary alicyclic amines) is 1. The number of nitrogens with zero attached hydrogens (tertiary/aromatic N) is 2. The average molecular weight is 342 g/mol. The topological polar surface area (TPSA) is 55.6 Å². The monoisotopic (exact) mass is 342 g/mol. The highest BCUT2D eigenvalue weighted by Gasteiger charge is 2.38. The van der Waals surface area contributed by atoms with Gasteiger partial charge >= 0.3 is 0 Å². The molecule has 0 bridgehead atoms. The fourth-order valence-corrected chi connectivity index (χ4v) is 3.22. The van der Waals surface area contributed by atoms with Crippen molar-refractivity contribution in [1.29, 1.82) is 0 Å². The van der Waals surface area contributed by atoms with E-state index in [1.165, 1.54) is 5.56 Å². The van der Waals surface area contributed by atoms with Crippen molar-refractivity contribution in [2.45, 2.75) is 51.2 Å². The van der Waals surface area contributed by atoms with Gasteiger partial charge in [0, 0.05) is 20.1 Å². The highest BCUT2D eigenvalue weighted by atomic mass is 16.5. The predicted molar refractivity (Wildman–Crippen MR) is 95.1 cm³/mol. The molecule has 0 spiro atoms. The lowest BCUT2D eigenvalue weighted by molar-refractivity contribution is -0.155. The Morgan fingerprint density at radius 3 is 2.80 bits per heavy atom. The van der Waals surface area contributed by atoms with E-state index in [1.807, 2.05) is 23.1 Å². The molecule has 1 aromatic carbocycles. The molecule has 5 nitrogen and oxygen atoms in total. The Bertz CT molecular complexity index is 709. The molecule has 3 rings (SSSR count). The number of hydrogen-bond acceptors (Lipinski definition) is 4. The maximum absolute atomic E-state index is 12.9. The van der Waals surface area contributed by atoms with Gasteiger partial charge in [-0.2, -0.15) is 0 Å². The van der Waals surface area contributed by atoms with Crippen LogP contribution in [-0.4, -0.2) is 35.0 Å². The molecule has 134 valence electrons. The summed E-state index contributed by atoms with van der Waals surface area (Å²) in [6.45, 7) is 4.32. The van der Waals surface area contributed by atoms with E-state index in [0.717, 1.165) is 25.0 Å². The second-order valence-corrected chi connectivity index (χ2v) is 7.05. The van der Waals surface area contributed by atoms with E-state index >= 15 is 0 Å². The van der Waals surface area contributed by atoms with E-state index in [4.69, 9.17) is 9.15 Å². The number of methoxy groups -OCH3 is 1. The number of amides is 1. The molecule has 1 aliphatic heterocycles. The van der Waals surface area contributed by atoms with Crippen molar-refractivity contribution in [3.8, 4) is 0 Å². The summed E-state index contributed by atoms with van der Waals surface area (Å²) in [7, 11) is 1.57. The van der Waals surface area contributed by atoms with Crippen LogP contribution in [0.2, 0.25) is 0 Å². The molecule has 0 radical (unpaired) electrons. The Hall–Kier alpha value is -2.14. The van der Waals surface area contributed by atoms with Crippen molar-refractivity contribution in [1.82, 2.24) is 9.88 Å². The molecule has 1 saturated heterocycles. The van der Waals surface area contributed by atoms with Gasteiger partial charge in [-0.1, -0.05) is 30.3 Å². The van der Waals surface area contributed by atoms with Crippen LogP contribution in [0, 0.1) is 0 Å². The van der Waals surface area contributed by atoms with E-state index in [-0.39, 0.29) is 11.9 Å². The van der Waals surface area contributed by atoms with Gasteiger partial charge in [-0.05, 0) is 38.7 Å². The van der Waals surface area contributed by atoms with Gasteiger partial charge in [-0.25, -0.2) is 4.98 Å². The zero-order valence-corrected chi connectivity index (χ0v) is 15.2. The van der Waals surface area contributed by atoms with Crippen molar-refractivity contribution < 1.29 is 13.9 Å². The maximum Gasteiger partial charge on any atom is 0.254 e. The number of piperidine rings is 1. The second kappa shape index (κ2) is 7.40. The van der Waals surface area contributed by atoms with Crippen LogP contribution in [0.1, 0.15) is 56.4 Å². The fourth-order valence-electron chi connectivity index (χ4n) is 3.22. The summed E-state index contributed by atoms with van der Waals surface area (Å²) in [5.41, 5.74) is 0.344. The minimum atomic E-state index is -0.838. The quantitative estimate of drug-likeness (QED) is 0.830. The van der Waals surface area contributed by atoms with Crippen molar-refractivity contribution >= 4 is 5.91 Å². The Kier molecular flexibility index (Phi) is 5.23. The SMILES string of the molecule is COC(C)(C)C(=O)N1CCCCC1c1ncc(Cc2ccccc2)o1. The first kappa shape index (κ1) is 17.7. The molecule has 0 aliphatic carbocycles. The maximum atomic E-state index is 12.9. The molecule has 25 heavy (non-hydrogen) atoms. The Labute approximate surface area is 149 Å². The fraction of sp³-hybridized carbons (Fsp3) is 0.500. The summed E-state index contributed by atoms with van der Waals surface area (Å²) in [5, 5.41) is 0. The lowest BCUT2D eigenvalue weighted by atomic mass is 9.98. The summed E-state index contributed by atoms with van der Waals surface area (Å²) in [4.78, 5) is 19.2. The van der Waals surface area contributed by atoms with Gasteiger partial charge in [0.25, 0.3) is 5.91 Å². The average Bonchev–Trinajstić information content (AvgIpc) is 3.10. The van der Waals surface area contributed by atoms with E-state index in [0.29, 0.717) is 18.9 Å². The molecular weight excluding hydrogens is 316 g/mol. The molecule has 1 aromatic heterocycles. The standard InChI is InChI=1S/C20H26N2O3/c1-20(2,24-3)19(23)22-12-8-7-11-17(22)18-21-14-16(25-18)13-15-9-5-4-6-10-15/h4-6,9-10,14,17H,7-8,11-13H2,1-3H3. The first-order valence-corrected chi connectivity index (χ1v) is 8.86. The van der Waals surface area contributed by atoms with E-state index in [1.54, 1.807) is 27.2 Å². The van der Waals surface area contributed by atoms with Crippen LogP contribution in [0.25, 0.3) is 0 Å². The van der Waals surface area contributed by atoms with Gasteiger partial charge < -0.3 is 14.1 Å². The van der Waals surface area contributed by atoms with Gasteiger partial charge in [0.05, 0.1) is 6.20 Å². The number of hydrogen-bond donors (Lipinski definition) is 0. The first-order chi connectivity index (χ1) is 12.0. The molecule has 1 aliphatic rings. The van der Waals surface area contributed by atoms with Crippen LogP contribution >= 0.6 is 0 Å². The number of aromatic nitrogens is 1. The number of rotatable bonds is 5. The predicted octanol–water partition coefficient (Wildman–Crippen LogP) is 3.74. The van der Waals surface area contributed by atoms with Gasteiger partial charge in [-0.15, -0.1) is 0 Å². The normalized spacial score (nSPS) is 18.4. The molecule has 1 fully saturated rings. The highest BCUT2D eigenvalue weighted by molar-refractivity contribution is 5.84. The van der Waals surface area contributed by atoms with Gasteiger partial charge in [0.2, 0.25) is 5.89 Å². The van der Waals surface area contributed by atoms with Gasteiger partial charge in [0.15, 0.2) is 0 Å². The number of carbonyl (C=O) groups is 1. The summed E-state index contributed by atoms with van der Waals surface area (Å²) >= 11 is 0. The third kappa shape index (κ3) is 3.93. The summed E-state index contributed by atoms with van der Waals surface area (Å²) in [6.07, 6.45) is 5.42. The van der Waals surface area contributed by atoms with Crippen LogP contribution in [0.15, 0.2) is 40.9 Å².